The van der Waals surface area contributed by atoms with E-state index in [0.29, 0.717) is 0 Å². The molecule has 0 bridgehead atoms. The number of nitrogens with one attached hydrogen (secondary N) is 1. The van der Waals surface area contributed by atoms with Crippen LogP contribution in [0.2, 0.25) is 0 Å². The monoisotopic (exact) mass is 341 g/mol. The Kier molecular flexibility index (Phi) is 3.79. The average molecular weight is 341 g/mol. The molecule has 6 heteroatoms. The van der Waals surface area contributed by atoms with Crippen LogP contribution >= 0.6 is 23.1 Å². The molecule has 23 heavy (non-hydrogen) atoms. The number of aryl methyl sites for hydroxylation is 2. The van der Waals surface area contributed by atoms with Gasteiger partial charge >= 0.3 is 0 Å². The van der Waals surface area contributed by atoms with Gasteiger partial charge in [-0.3, -0.25) is 4.79 Å². The van der Waals surface area contributed by atoms with Gasteiger partial charge in [-0.05, 0) is 49.1 Å². The number of fused-ring (bicyclic) bond motifs is 3. The van der Waals surface area contributed by atoms with Gasteiger partial charge in [0, 0.05) is 27.8 Å². The van der Waals surface area contributed by atoms with E-state index in [9.17, 15) is 4.79 Å². The molecule has 3 aromatic rings. The van der Waals surface area contributed by atoms with E-state index in [-0.39, 0.29) is 5.91 Å². The minimum atomic E-state index is -0.0586. The first-order valence-electron chi connectivity index (χ1n) is 7.51. The van der Waals surface area contributed by atoms with Gasteiger partial charge in [0.05, 0.1) is 0 Å². The highest BCUT2D eigenvalue weighted by Crippen LogP contribution is 2.41. The number of carbonyl (C=O) groups excluding carboxylic acids is 1. The summed E-state index contributed by atoms with van der Waals surface area (Å²) in [6.45, 7) is 1.51. The van der Waals surface area contributed by atoms with Crippen LogP contribution in [0.4, 0.5) is 5.69 Å². The second kappa shape index (κ2) is 5.94. The highest BCUT2D eigenvalue weighted by molar-refractivity contribution is 7.99. The molecule has 2 aromatic heterocycles. The van der Waals surface area contributed by atoms with Gasteiger partial charge in [0.15, 0.2) is 0 Å². The minimum absolute atomic E-state index is 0.0586. The van der Waals surface area contributed by atoms with Gasteiger partial charge in [-0.15, -0.1) is 11.3 Å². The quantitative estimate of drug-likeness (QED) is 0.722. The highest BCUT2D eigenvalue weighted by atomic mass is 32.2. The summed E-state index contributed by atoms with van der Waals surface area (Å²) < 4.78 is 0. The minimum Gasteiger partial charge on any atom is -0.326 e. The molecule has 2 heterocycles. The third-order valence-corrected chi connectivity index (χ3v) is 6.07. The molecule has 116 valence electrons. The fourth-order valence-electron chi connectivity index (χ4n) is 2.90. The molecule has 1 N–H and O–H groups in total. The van der Waals surface area contributed by atoms with Gasteiger partial charge in [0.2, 0.25) is 5.91 Å². The smallest absolute Gasteiger partial charge is 0.221 e. The van der Waals surface area contributed by atoms with Gasteiger partial charge in [0.25, 0.3) is 0 Å². The molecule has 0 fully saturated rings. The Morgan fingerprint density at radius 1 is 1.22 bits per heavy atom. The SMILES string of the molecule is CC(=O)Nc1ccc(Sc2ncnc3sc4c(c23)CCC4)cc1. The number of nitrogens with zero attached hydrogens (tertiary/aromatic N) is 2. The van der Waals surface area contributed by atoms with E-state index < -0.39 is 0 Å². The standard InChI is InChI=1S/C17H15N3OS2/c1-10(21)20-11-5-7-12(8-6-11)22-16-15-13-3-2-4-14(13)23-17(15)19-9-18-16/h5-9H,2-4H2,1H3,(H,20,21). The Balaban J connectivity index is 1.66. The van der Waals surface area contributed by atoms with Crippen molar-refractivity contribution in [1.29, 1.82) is 0 Å². The number of hydrogen-bond donors (Lipinski definition) is 1. The lowest BCUT2D eigenvalue weighted by Gasteiger charge is -2.06. The molecule has 0 saturated carbocycles. The normalized spacial score (nSPS) is 13.3. The number of anilines is 1. The third-order valence-electron chi connectivity index (χ3n) is 3.86. The molecule has 0 radical (unpaired) electrons. The molecule has 0 saturated heterocycles. The van der Waals surface area contributed by atoms with Crippen molar-refractivity contribution < 1.29 is 4.79 Å². The topological polar surface area (TPSA) is 54.9 Å². The number of aromatic nitrogens is 2. The van der Waals surface area contributed by atoms with E-state index in [2.05, 4.69) is 15.3 Å². The average Bonchev–Trinajstić information content (AvgIpc) is 3.09. The van der Waals surface area contributed by atoms with Gasteiger partial charge in [-0.2, -0.15) is 0 Å². The number of amides is 1. The molecule has 0 aliphatic heterocycles. The van der Waals surface area contributed by atoms with Crippen molar-refractivity contribution >= 4 is 44.9 Å². The first-order chi connectivity index (χ1) is 11.2. The van der Waals surface area contributed by atoms with E-state index in [4.69, 9.17) is 0 Å². The molecular weight excluding hydrogens is 326 g/mol. The zero-order valence-electron chi connectivity index (χ0n) is 12.6. The Labute approximate surface area is 142 Å². The number of hydrogen-bond acceptors (Lipinski definition) is 5. The van der Waals surface area contributed by atoms with E-state index in [1.54, 1.807) is 18.1 Å². The Hall–Kier alpha value is -1.92. The first kappa shape index (κ1) is 14.7. The van der Waals surface area contributed by atoms with Crippen molar-refractivity contribution in [3.8, 4) is 0 Å². The van der Waals surface area contributed by atoms with Crippen molar-refractivity contribution in [3.05, 3.63) is 41.0 Å². The van der Waals surface area contributed by atoms with Crippen LogP contribution in [0.1, 0.15) is 23.8 Å². The predicted molar refractivity (Wildman–Crippen MR) is 94.3 cm³/mol. The highest BCUT2D eigenvalue weighted by Gasteiger charge is 2.21. The zero-order valence-corrected chi connectivity index (χ0v) is 14.3. The lowest BCUT2D eigenvalue weighted by molar-refractivity contribution is -0.114. The van der Waals surface area contributed by atoms with Crippen molar-refractivity contribution in [2.45, 2.75) is 36.1 Å². The van der Waals surface area contributed by atoms with E-state index >= 15 is 0 Å². The lowest BCUT2D eigenvalue weighted by Crippen LogP contribution is -2.05. The number of thiophene rings is 1. The van der Waals surface area contributed by atoms with Crippen molar-refractivity contribution in [2.24, 2.45) is 0 Å². The fourth-order valence-corrected chi connectivity index (χ4v) is 5.11. The van der Waals surface area contributed by atoms with E-state index in [1.807, 2.05) is 35.6 Å². The Bertz CT molecular complexity index is 887. The van der Waals surface area contributed by atoms with Crippen LogP contribution in [0, 0.1) is 0 Å². The van der Waals surface area contributed by atoms with Crippen LogP contribution in [-0.2, 0) is 17.6 Å². The molecule has 0 unspecified atom stereocenters. The summed E-state index contributed by atoms with van der Waals surface area (Å²) in [5, 5.41) is 5.05. The van der Waals surface area contributed by atoms with E-state index in [1.165, 1.54) is 35.6 Å². The number of carbonyl (C=O) groups is 1. The second-order valence-corrected chi connectivity index (χ2v) is 7.67. The van der Waals surface area contributed by atoms with Gasteiger partial charge in [-0.1, -0.05) is 11.8 Å². The molecule has 4 rings (SSSR count). The van der Waals surface area contributed by atoms with Gasteiger partial charge in [0.1, 0.15) is 16.2 Å². The van der Waals surface area contributed by atoms with Crippen molar-refractivity contribution in [1.82, 2.24) is 9.97 Å². The third kappa shape index (κ3) is 2.84. The van der Waals surface area contributed by atoms with Crippen LogP contribution < -0.4 is 5.32 Å². The van der Waals surface area contributed by atoms with Crippen molar-refractivity contribution in [3.63, 3.8) is 0 Å². The number of benzene rings is 1. The molecule has 1 aliphatic carbocycles. The van der Waals surface area contributed by atoms with Crippen LogP contribution in [0.5, 0.6) is 0 Å². The lowest BCUT2D eigenvalue weighted by atomic mass is 10.2. The van der Waals surface area contributed by atoms with Gasteiger partial charge in [-0.25, -0.2) is 9.97 Å². The maximum atomic E-state index is 11.1. The predicted octanol–water partition coefficient (Wildman–Crippen LogP) is 4.29. The molecule has 1 aliphatic rings. The molecule has 1 aromatic carbocycles. The second-order valence-electron chi connectivity index (χ2n) is 5.52. The molecule has 1 amide bonds. The molecular formula is C17H15N3OS2. The molecule has 0 spiro atoms. The van der Waals surface area contributed by atoms with Gasteiger partial charge < -0.3 is 5.32 Å². The summed E-state index contributed by atoms with van der Waals surface area (Å²) >= 11 is 3.47. The Morgan fingerprint density at radius 2 is 2.04 bits per heavy atom. The summed E-state index contributed by atoms with van der Waals surface area (Å²) in [4.78, 5) is 23.7. The maximum Gasteiger partial charge on any atom is 0.221 e. The molecule has 4 nitrogen and oxygen atoms in total. The number of rotatable bonds is 3. The van der Waals surface area contributed by atoms with Crippen LogP contribution in [0.3, 0.4) is 0 Å². The largest absolute Gasteiger partial charge is 0.326 e. The summed E-state index contributed by atoms with van der Waals surface area (Å²) in [6.07, 6.45) is 5.20. The molecule has 0 atom stereocenters. The summed E-state index contributed by atoms with van der Waals surface area (Å²) in [5.41, 5.74) is 2.26. The first-order valence-corrected chi connectivity index (χ1v) is 9.15. The summed E-state index contributed by atoms with van der Waals surface area (Å²) in [7, 11) is 0. The van der Waals surface area contributed by atoms with Crippen LogP contribution in [0.15, 0.2) is 40.5 Å². The summed E-state index contributed by atoms with van der Waals surface area (Å²) in [6, 6.07) is 7.85. The maximum absolute atomic E-state index is 11.1. The van der Waals surface area contributed by atoms with Crippen LogP contribution in [0.25, 0.3) is 10.2 Å². The van der Waals surface area contributed by atoms with Crippen molar-refractivity contribution in [2.75, 3.05) is 5.32 Å². The van der Waals surface area contributed by atoms with E-state index in [0.717, 1.165) is 26.9 Å². The summed E-state index contributed by atoms with van der Waals surface area (Å²) in [5.74, 6) is -0.0586. The zero-order chi connectivity index (χ0) is 15.8. The fraction of sp³-hybridized carbons (Fsp3) is 0.235. The Morgan fingerprint density at radius 3 is 2.83 bits per heavy atom. The van der Waals surface area contributed by atoms with Crippen LogP contribution in [-0.4, -0.2) is 15.9 Å².